The summed E-state index contributed by atoms with van der Waals surface area (Å²) >= 11 is 2.97. The maximum absolute atomic E-state index is 10.4. The van der Waals surface area contributed by atoms with E-state index >= 15 is 0 Å². The monoisotopic (exact) mass is 422 g/mol. The van der Waals surface area contributed by atoms with Crippen LogP contribution < -0.4 is 40.0 Å². The predicted molar refractivity (Wildman–Crippen MR) is 99.5 cm³/mol. The fourth-order valence-electron chi connectivity index (χ4n) is 2.02. The molecule has 0 spiro atoms. The number of hydrogen-bond acceptors (Lipinski definition) is 8. The van der Waals surface area contributed by atoms with E-state index in [2.05, 4.69) is 5.32 Å². The van der Waals surface area contributed by atoms with Crippen molar-refractivity contribution in [2.75, 3.05) is 18.1 Å². The van der Waals surface area contributed by atoms with Crippen LogP contribution in [0.4, 0.5) is 5.69 Å². The molecule has 2 rings (SSSR count). The van der Waals surface area contributed by atoms with Gasteiger partial charge in [0.05, 0.1) is 23.5 Å². The first-order valence-electron chi connectivity index (χ1n) is 7.60. The van der Waals surface area contributed by atoms with Crippen LogP contribution in [-0.4, -0.2) is 46.6 Å². The normalized spacial score (nSPS) is 14.1. The zero-order chi connectivity index (χ0) is 19.5. The number of hydrogen-bond donors (Lipinski definition) is 2. The van der Waals surface area contributed by atoms with Crippen molar-refractivity contribution >= 4 is 41.6 Å². The van der Waals surface area contributed by atoms with Gasteiger partial charge >= 0.3 is 29.6 Å². The van der Waals surface area contributed by atoms with Gasteiger partial charge in [0.1, 0.15) is 0 Å². The third-order valence-corrected chi connectivity index (χ3v) is 5.91. The molecule has 1 amide bonds. The van der Waals surface area contributed by atoms with Crippen LogP contribution in [-0.2, 0) is 16.0 Å². The van der Waals surface area contributed by atoms with Crippen LogP contribution in [0.25, 0.3) is 0 Å². The second-order valence-electron chi connectivity index (χ2n) is 5.16. The molecule has 1 aliphatic heterocycles. The minimum Gasteiger partial charge on any atom is -0.544 e. The number of thioether (sulfide) groups is 2. The molecule has 1 unspecified atom stereocenters. The Morgan fingerprint density at radius 2 is 1.93 bits per heavy atom. The van der Waals surface area contributed by atoms with E-state index in [9.17, 15) is 24.8 Å². The number of nitro groups is 1. The molecule has 27 heavy (non-hydrogen) atoms. The van der Waals surface area contributed by atoms with Gasteiger partial charge in [-0.05, 0) is 23.8 Å². The Balaban J connectivity index is 0.000000531. The summed E-state index contributed by atoms with van der Waals surface area (Å²) in [5, 5.41) is 32.1. The molecule has 8 nitrogen and oxygen atoms in total. The largest absolute Gasteiger partial charge is 1.00 e. The SMILES string of the molecule is CC1=C(C(=O)[O-])SCCS1.O=CNC(CO)Cc1ccc([N+](=O)[O-])cc1.[Na+]. The summed E-state index contributed by atoms with van der Waals surface area (Å²) in [7, 11) is 0. The van der Waals surface area contributed by atoms with E-state index in [1.807, 2.05) is 6.92 Å². The minimum atomic E-state index is -1.03. The number of benzene rings is 1. The van der Waals surface area contributed by atoms with E-state index in [0.29, 0.717) is 17.7 Å². The van der Waals surface area contributed by atoms with Gasteiger partial charge in [0.15, 0.2) is 0 Å². The second-order valence-corrected chi connectivity index (χ2v) is 7.58. The van der Waals surface area contributed by atoms with Crippen molar-refractivity contribution in [2.24, 2.45) is 0 Å². The summed E-state index contributed by atoms with van der Waals surface area (Å²) in [6.07, 6.45) is 0.958. The molecular weight excluding hydrogens is 403 g/mol. The molecule has 0 aromatic heterocycles. The molecule has 0 radical (unpaired) electrons. The van der Waals surface area contributed by atoms with Gasteiger partial charge in [-0.3, -0.25) is 14.9 Å². The third kappa shape index (κ3) is 9.63. The van der Waals surface area contributed by atoms with Crippen molar-refractivity contribution in [1.82, 2.24) is 5.32 Å². The van der Waals surface area contributed by atoms with E-state index in [1.54, 1.807) is 23.9 Å². The Hall–Kier alpha value is -1.04. The van der Waals surface area contributed by atoms with Crippen LogP contribution in [0.3, 0.4) is 0 Å². The number of aliphatic hydroxyl groups is 1. The summed E-state index contributed by atoms with van der Waals surface area (Å²) < 4.78 is 0. The van der Waals surface area contributed by atoms with Gasteiger partial charge in [-0.2, -0.15) is 0 Å². The number of carboxylic acid groups (broad SMARTS) is 1. The number of nitrogens with zero attached hydrogens (tertiary/aromatic N) is 1. The van der Waals surface area contributed by atoms with Gasteiger partial charge < -0.3 is 20.3 Å². The number of aliphatic hydroxyl groups excluding tert-OH is 1. The molecule has 1 atom stereocenters. The van der Waals surface area contributed by atoms with Crippen molar-refractivity contribution in [3.8, 4) is 0 Å². The maximum atomic E-state index is 10.4. The molecule has 0 saturated heterocycles. The number of carbonyl (C=O) groups is 2. The number of aliphatic carboxylic acids is 1. The topological polar surface area (TPSA) is 133 Å². The van der Waals surface area contributed by atoms with Crippen molar-refractivity contribution in [1.29, 1.82) is 0 Å². The smallest absolute Gasteiger partial charge is 0.544 e. The second kappa shape index (κ2) is 14.0. The molecule has 1 heterocycles. The number of allylic oxidation sites excluding steroid dienone is 1. The summed E-state index contributed by atoms with van der Waals surface area (Å²) in [6.45, 7) is 1.65. The van der Waals surface area contributed by atoms with Gasteiger partial charge in [-0.15, -0.1) is 23.5 Å². The van der Waals surface area contributed by atoms with Gasteiger partial charge in [-0.1, -0.05) is 12.1 Å². The molecule has 1 aromatic carbocycles. The van der Waals surface area contributed by atoms with Crippen LogP contribution in [0.5, 0.6) is 0 Å². The van der Waals surface area contributed by atoms with Crippen LogP contribution in [0, 0.1) is 10.1 Å². The summed E-state index contributed by atoms with van der Waals surface area (Å²) in [5.74, 6) is 0.855. The molecule has 0 saturated carbocycles. The Labute approximate surface area is 187 Å². The molecule has 1 aromatic rings. The van der Waals surface area contributed by atoms with E-state index < -0.39 is 10.9 Å². The molecule has 142 valence electrons. The van der Waals surface area contributed by atoms with Gasteiger partial charge in [-0.25, -0.2) is 0 Å². The average Bonchev–Trinajstić information content (AvgIpc) is 2.62. The van der Waals surface area contributed by atoms with Crippen molar-refractivity contribution < 1.29 is 54.3 Å². The number of rotatable bonds is 7. The van der Waals surface area contributed by atoms with Gasteiger partial charge in [0, 0.05) is 28.5 Å². The van der Waals surface area contributed by atoms with E-state index in [0.717, 1.165) is 22.0 Å². The van der Waals surface area contributed by atoms with Crippen molar-refractivity contribution in [3.05, 3.63) is 49.8 Å². The Morgan fingerprint density at radius 3 is 2.33 bits per heavy atom. The first-order chi connectivity index (χ1) is 12.4. The van der Waals surface area contributed by atoms with Crippen LogP contribution in [0.15, 0.2) is 34.1 Å². The summed E-state index contributed by atoms with van der Waals surface area (Å²) in [5.41, 5.74) is 0.839. The first-order valence-corrected chi connectivity index (χ1v) is 9.57. The molecule has 0 fully saturated rings. The van der Waals surface area contributed by atoms with Crippen LogP contribution in [0.1, 0.15) is 12.5 Å². The van der Waals surface area contributed by atoms with Crippen LogP contribution >= 0.6 is 23.5 Å². The standard InChI is InChI=1S/C10H12N2O4.C6H8O2S2.Na/c13-6-9(11-7-14)5-8-1-3-10(4-2-8)12(15)16;1-4-5(6(7)8)10-3-2-9-4;/h1-4,7,9,13H,5-6H2,(H,11,14);2-3H2,1H3,(H,7,8);/q;;+1/p-1. The average molecular weight is 422 g/mol. The quantitative estimate of drug-likeness (QED) is 0.217. The molecule has 11 heteroatoms. The minimum absolute atomic E-state index is 0. The van der Waals surface area contributed by atoms with E-state index in [-0.39, 0.29) is 47.9 Å². The molecule has 1 aliphatic rings. The Kier molecular flexibility index (Phi) is 13.5. The number of nitrogens with one attached hydrogen (secondary N) is 1. The molecule has 0 aliphatic carbocycles. The fourth-order valence-corrected chi connectivity index (χ4v) is 4.09. The van der Waals surface area contributed by atoms with E-state index in [4.69, 9.17) is 5.11 Å². The zero-order valence-electron chi connectivity index (χ0n) is 15.0. The molecule has 2 N–H and O–H groups in total. The summed E-state index contributed by atoms with van der Waals surface area (Å²) in [4.78, 5) is 31.8. The number of amides is 1. The Morgan fingerprint density at radius 1 is 1.33 bits per heavy atom. The number of carbonyl (C=O) groups excluding carboxylic acids is 2. The number of non-ortho nitro benzene ring substituents is 1. The van der Waals surface area contributed by atoms with Crippen molar-refractivity contribution in [2.45, 2.75) is 19.4 Å². The van der Waals surface area contributed by atoms with Crippen LogP contribution in [0.2, 0.25) is 0 Å². The Bertz CT molecular complexity index is 669. The molecule has 0 bridgehead atoms. The van der Waals surface area contributed by atoms with Crippen molar-refractivity contribution in [3.63, 3.8) is 0 Å². The van der Waals surface area contributed by atoms with Gasteiger partial charge in [0.2, 0.25) is 6.41 Å². The zero-order valence-corrected chi connectivity index (χ0v) is 18.7. The number of nitro benzene ring substituents is 1. The summed E-state index contributed by atoms with van der Waals surface area (Å²) in [6, 6.07) is 5.63. The van der Waals surface area contributed by atoms with E-state index in [1.165, 1.54) is 23.9 Å². The predicted octanol–water partition coefficient (Wildman–Crippen LogP) is -2.30. The third-order valence-electron chi connectivity index (χ3n) is 3.31. The first kappa shape index (κ1) is 26.0. The number of carboxylic acids is 1. The fraction of sp³-hybridized carbons (Fsp3) is 0.375. The maximum Gasteiger partial charge on any atom is 1.00 e. The van der Waals surface area contributed by atoms with Gasteiger partial charge in [0.25, 0.3) is 5.69 Å². The molecular formula is C16H19N2NaO6S2.